The molecule has 3 N–H and O–H groups in total. The van der Waals surface area contributed by atoms with Crippen LogP contribution >= 0.6 is 11.3 Å². The fourth-order valence-corrected chi connectivity index (χ4v) is 3.44. The second kappa shape index (κ2) is 7.25. The van der Waals surface area contributed by atoms with Gasteiger partial charge in [0.1, 0.15) is 0 Å². The maximum Gasteiger partial charge on any atom is 0.238 e. The third-order valence-corrected chi connectivity index (χ3v) is 5.42. The van der Waals surface area contributed by atoms with Gasteiger partial charge in [0.2, 0.25) is 15.9 Å². The Morgan fingerprint density at radius 3 is 2.50 bits per heavy atom. The van der Waals surface area contributed by atoms with Crippen molar-refractivity contribution in [2.45, 2.75) is 31.6 Å². The summed E-state index contributed by atoms with van der Waals surface area (Å²) in [7, 11) is -3.86. The first-order valence-corrected chi connectivity index (χ1v) is 9.61. The number of amides is 1. The summed E-state index contributed by atoms with van der Waals surface area (Å²) in [5.41, 5.74) is 1.83. The molecule has 8 heteroatoms. The molecule has 0 saturated heterocycles. The van der Waals surface area contributed by atoms with E-state index in [2.05, 4.69) is 5.32 Å². The average molecular weight is 366 g/mol. The van der Waals surface area contributed by atoms with Gasteiger partial charge in [0.25, 0.3) is 0 Å². The first kappa shape index (κ1) is 18.3. The lowest BCUT2D eigenvalue weighted by Gasteiger charge is -2.12. The van der Waals surface area contributed by atoms with Crippen molar-refractivity contribution in [3.05, 3.63) is 45.6 Å². The van der Waals surface area contributed by atoms with Crippen LogP contribution in [0.25, 0.3) is 0 Å². The van der Waals surface area contributed by atoms with Crippen molar-refractivity contribution < 1.29 is 18.0 Å². The van der Waals surface area contributed by atoms with E-state index in [1.54, 1.807) is 31.4 Å². The number of hydrogen-bond acceptors (Lipinski definition) is 5. The van der Waals surface area contributed by atoms with Crippen molar-refractivity contribution in [1.82, 2.24) is 0 Å². The summed E-state index contributed by atoms with van der Waals surface area (Å²) in [6.07, 6.45) is 0.119. The number of sulfonamides is 1. The smallest absolute Gasteiger partial charge is 0.238 e. The number of thiophene rings is 1. The summed E-state index contributed by atoms with van der Waals surface area (Å²) >= 11 is 1.33. The number of carbonyl (C=O) groups is 2. The predicted octanol–water partition coefficient (Wildman–Crippen LogP) is 2.61. The number of primary sulfonamides is 1. The van der Waals surface area contributed by atoms with Gasteiger partial charge in [0.15, 0.2) is 5.78 Å². The zero-order valence-electron chi connectivity index (χ0n) is 13.3. The second-order valence-corrected chi connectivity index (χ2v) is 7.92. The van der Waals surface area contributed by atoms with Crippen molar-refractivity contribution >= 4 is 38.7 Å². The molecule has 0 aliphatic carbocycles. The largest absolute Gasteiger partial charge is 0.326 e. The summed E-state index contributed by atoms with van der Waals surface area (Å²) in [6, 6.07) is 6.29. The van der Waals surface area contributed by atoms with Gasteiger partial charge < -0.3 is 5.32 Å². The highest BCUT2D eigenvalue weighted by Gasteiger charge is 2.15. The first-order valence-electron chi connectivity index (χ1n) is 7.19. The molecular weight excluding hydrogens is 348 g/mol. The van der Waals surface area contributed by atoms with Crippen LogP contribution in [0.15, 0.2) is 34.5 Å². The van der Waals surface area contributed by atoms with E-state index in [0.717, 1.165) is 5.56 Å². The highest BCUT2D eigenvalue weighted by molar-refractivity contribution is 7.89. The zero-order chi connectivity index (χ0) is 17.9. The number of anilines is 1. The molecule has 0 radical (unpaired) electrons. The van der Waals surface area contributed by atoms with Crippen LogP contribution in [0.3, 0.4) is 0 Å². The number of hydrogen-bond donors (Lipinski definition) is 2. The van der Waals surface area contributed by atoms with Crippen molar-refractivity contribution in [1.29, 1.82) is 0 Å². The second-order valence-electron chi connectivity index (χ2n) is 5.41. The van der Waals surface area contributed by atoms with E-state index in [9.17, 15) is 18.0 Å². The monoisotopic (exact) mass is 366 g/mol. The summed E-state index contributed by atoms with van der Waals surface area (Å²) in [5.74, 6) is -0.444. The van der Waals surface area contributed by atoms with Gasteiger partial charge in [0.05, 0.1) is 9.77 Å². The van der Waals surface area contributed by atoms with Gasteiger partial charge in [-0.25, -0.2) is 13.6 Å². The Morgan fingerprint density at radius 2 is 1.92 bits per heavy atom. The normalized spacial score (nSPS) is 11.3. The molecule has 1 aromatic heterocycles. The van der Waals surface area contributed by atoms with Crippen LogP contribution < -0.4 is 10.5 Å². The molecule has 0 bridgehead atoms. The Hall–Kier alpha value is -2.03. The van der Waals surface area contributed by atoms with Gasteiger partial charge in [-0.3, -0.25) is 9.59 Å². The Kier molecular flexibility index (Phi) is 5.53. The molecule has 0 saturated carbocycles. The molecule has 1 amide bonds. The molecule has 0 aliphatic heterocycles. The number of benzene rings is 1. The molecule has 1 aromatic carbocycles. The molecule has 1 heterocycles. The first-order chi connectivity index (χ1) is 11.2. The number of Topliss-reactive ketones (excluding diaryl/α,β-unsaturated/α-hetero) is 1. The number of carbonyl (C=O) groups excluding carboxylic acids is 2. The van der Waals surface area contributed by atoms with Crippen LogP contribution in [0.5, 0.6) is 0 Å². The lowest BCUT2D eigenvalue weighted by atomic mass is 10.1. The van der Waals surface area contributed by atoms with Crippen molar-refractivity contribution in [2.24, 2.45) is 5.14 Å². The van der Waals surface area contributed by atoms with E-state index in [-0.39, 0.29) is 29.4 Å². The highest BCUT2D eigenvalue weighted by atomic mass is 32.2. The van der Waals surface area contributed by atoms with E-state index in [0.29, 0.717) is 16.1 Å². The number of rotatable bonds is 6. The van der Waals surface area contributed by atoms with Crippen molar-refractivity contribution in [3.8, 4) is 0 Å². The van der Waals surface area contributed by atoms with Crippen molar-refractivity contribution in [3.63, 3.8) is 0 Å². The Balaban J connectivity index is 2.09. The van der Waals surface area contributed by atoms with Crippen LogP contribution in [0.4, 0.5) is 5.69 Å². The Labute approximate surface area is 144 Å². The number of nitrogens with two attached hydrogens (primary N) is 1. The van der Waals surface area contributed by atoms with Crippen LogP contribution in [0.1, 0.15) is 33.6 Å². The van der Waals surface area contributed by atoms with Gasteiger partial charge in [-0.2, -0.15) is 0 Å². The molecule has 2 rings (SSSR count). The molecule has 0 atom stereocenters. The molecule has 6 nitrogen and oxygen atoms in total. The minimum Gasteiger partial charge on any atom is -0.326 e. The Morgan fingerprint density at radius 1 is 1.21 bits per heavy atom. The minimum atomic E-state index is -3.86. The maximum atomic E-state index is 12.1. The third kappa shape index (κ3) is 4.50. The fraction of sp³-hybridized carbons (Fsp3) is 0.250. The fourth-order valence-electron chi connectivity index (χ4n) is 2.12. The molecule has 2 aromatic rings. The van der Waals surface area contributed by atoms with E-state index in [4.69, 9.17) is 5.14 Å². The van der Waals surface area contributed by atoms with Crippen LogP contribution in [-0.2, 0) is 14.8 Å². The number of nitrogens with one attached hydrogen (secondary N) is 1. The summed E-state index contributed by atoms with van der Waals surface area (Å²) in [5, 5.41) is 9.60. The van der Waals surface area contributed by atoms with Gasteiger partial charge in [-0.05, 0) is 48.6 Å². The lowest BCUT2D eigenvalue weighted by molar-refractivity contribution is -0.116. The Bertz CT molecular complexity index is 872. The summed E-state index contributed by atoms with van der Waals surface area (Å²) in [6.45, 7) is 3.51. The lowest BCUT2D eigenvalue weighted by Crippen LogP contribution is -2.17. The highest BCUT2D eigenvalue weighted by Crippen LogP contribution is 2.24. The van der Waals surface area contributed by atoms with Gasteiger partial charge in [0, 0.05) is 18.5 Å². The quantitative estimate of drug-likeness (QED) is 0.766. The zero-order valence-corrected chi connectivity index (χ0v) is 15.0. The summed E-state index contributed by atoms with van der Waals surface area (Å²) in [4.78, 5) is 24.5. The molecule has 0 spiro atoms. The molecule has 0 fully saturated rings. The number of ketones is 1. The maximum absolute atomic E-state index is 12.1. The van der Waals surface area contributed by atoms with Crippen molar-refractivity contribution in [2.75, 3.05) is 5.32 Å². The van der Waals surface area contributed by atoms with E-state index < -0.39 is 10.0 Å². The average Bonchev–Trinajstić information content (AvgIpc) is 3.02. The van der Waals surface area contributed by atoms with Crippen LogP contribution in [-0.4, -0.2) is 20.1 Å². The molecule has 24 heavy (non-hydrogen) atoms. The van der Waals surface area contributed by atoms with Crippen LogP contribution in [0.2, 0.25) is 0 Å². The SMILES string of the molecule is Cc1cc(S(N)(=O)=O)cc(NC(=O)CCC(=O)c2cccs2)c1C. The minimum absolute atomic E-state index is 0.0226. The molecule has 128 valence electrons. The van der Waals surface area contributed by atoms with Gasteiger partial charge in [-0.15, -0.1) is 11.3 Å². The molecular formula is C16H18N2O4S2. The van der Waals surface area contributed by atoms with Crippen LogP contribution in [0, 0.1) is 13.8 Å². The molecule has 0 aliphatic rings. The molecule has 0 unspecified atom stereocenters. The third-order valence-electron chi connectivity index (χ3n) is 3.62. The standard InChI is InChI=1S/C16H18N2O4S2/c1-10-8-12(24(17,21)22)9-13(11(10)2)18-16(20)6-5-14(19)15-4-3-7-23-15/h3-4,7-9H,5-6H2,1-2H3,(H,18,20)(H2,17,21,22). The van der Waals surface area contributed by atoms with Gasteiger partial charge in [-0.1, -0.05) is 6.07 Å². The summed E-state index contributed by atoms with van der Waals surface area (Å²) < 4.78 is 23.0. The van der Waals surface area contributed by atoms with Gasteiger partial charge >= 0.3 is 0 Å². The topological polar surface area (TPSA) is 106 Å². The van der Waals surface area contributed by atoms with E-state index >= 15 is 0 Å². The predicted molar refractivity (Wildman–Crippen MR) is 93.8 cm³/mol. The van der Waals surface area contributed by atoms with E-state index in [1.165, 1.54) is 23.5 Å². The van der Waals surface area contributed by atoms with E-state index in [1.807, 2.05) is 0 Å². The number of aryl methyl sites for hydroxylation is 1.